The maximum atomic E-state index is 14.0. The molecule has 1 saturated carbocycles. The number of anilines is 1. The third-order valence-corrected chi connectivity index (χ3v) is 6.55. The van der Waals surface area contributed by atoms with Gasteiger partial charge in [0.15, 0.2) is 11.5 Å². The molecule has 5 aromatic rings. The summed E-state index contributed by atoms with van der Waals surface area (Å²) in [5.74, 6) is 0.465. The van der Waals surface area contributed by atoms with Crippen molar-refractivity contribution in [3.63, 3.8) is 0 Å². The summed E-state index contributed by atoms with van der Waals surface area (Å²) in [6.45, 7) is 0. The number of nitrogens with zero attached hydrogens (tertiary/aromatic N) is 5. The molecule has 0 aliphatic heterocycles. The van der Waals surface area contributed by atoms with Gasteiger partial charge in [-0.25, -0.2) is 19.3 Å². The van der Waals surface area contributed by atoms with Gasteiger partial charge in [-0.2, -0.15) is 0 Å². The van der Waals surface area contributed by atoms with Crippen LogP contribution in [0, 0.1) is 5.82 Å². The molecular formula is C26H24FN9O. The van der Waals surface area contributed by atoms with Gasteiger partial charge < -0.3 is 15.6 Å². The molecule has 1 aliphatic rings. The summed E-state index contributed by atoms with van der Waals surface area (Å²) < 4.78 is 14.0. The number of amides is 1. The molecule has 37 heavy (non-hydrogen) atoms. The first-order valence-electron chi connectivity index (χ1n) is 12.1. The van der Waals surface area contributed by atoms with E-state index in [2.05, 4.69) is 36.0 Å². The molecule has 4 aromatic heterocycles. The van der Waals surface area contributed by atoms with Gasteiger partial charge in [0, 0.05) is 40.9 Å². The molecule has 4 heterocycles. The summed E-state index contributed by atoms with van der Waals surface area (Å²) in [7, 11) is 0. The zero-order valence-electron chi connectivity index (χ0n) is 19.8. The number of hydrogen-bond acceptors (Lipinski definition) is 7. The van der Waals surface area contributed by atoms with Crippen LogP contribution in [0.15, 0.2) is 61.1 Å². The lowest BCUT2D eigenvalue weighted by atomic mass is 9.91. The van der Waals surface area contributed by atoms with E-state index in [4.69, 9.17) is 9.97 Å². The normalized spacial score (nSPS) is 17.5. The van der Waals surface area contributed by atoms with Crippen molar-refractivity contribution in [2.24, 2.45) is 0 Å². The number of aromatic nitrogens is 7. The molecule has 2 atom stereocenters. The number of rotatable bonds is 6. The van der Waals surface area contributed by atoms with E-state index >= 15 is 0 Å². The van der Waals surface area contributed by atoms with Gasteiger partial charge in [0.1, 0.15) is 17.3 Å². The van der Waals surface area contributed by atoms with Crippen LogP contribution >= 0.6 is 0 Å². The van der Waals surface area contributed by atoms with E-state index in [1.165, 1.54) is 18.5 Å². The minimum atomic E-state index is -0.424. The van der Waals surface area contributed by atoms with Gasteiger partial charge in [0.25, 0.3) is 5.91 Å². The van der Waals surface area contributed by atoms with E-state index in [1.54, 1.807) is 6.20 Å². The molecule has 0 radical (unpaired) electrons. The Hall–Kier alpha value is -4.67. The third kappa shape index (κ3) is 4.88. The Morgan fingerprint density at radius 3 is 2.76 bits per heavy atom. The zero-order valence-corrected chi connectivity index (χ0v) is 19.8. The number of pyridine rings is 1. The summed E-state index contributed by atoms with van der Waals surface area (Å²) in [5, 5.41) is 17.2. The first-order chi connectivity index (χ1) is 18.1. The minimum absolute atomic E-state index is 0.00742. The van der Waals surface area contributed by atoms with Crippen LogP contribution < -0.4 is 10.6 Å². The largest absolute Gasteiger partial charge is 0.367 e. The third-order valence-electron chi connectivity index (χ3n) is 6.55. The van der Waals surface area contributed by atoms with Crippen molar-refractivity contribution >= 4 is 22.8 Å². The fourth-order valence-electron chi connectivity index (χ4n) is 4.79. The first kappa shape index (κ1) is 22.8. The Kier molecular flexibility index (Phi) is 6.01. The molecular weight excluding hydrogens is 473 g/mol. The van der Waals surface area contributed by atoms with Crippen LogP contribution in [0.25, 0.3) is 33.7 Å². The van der Waals surface area contributed by atoms with Gasteiger partial charge in [0.05, 0.1) is 18.1 Å². The summed E-state index contributed by atoms with van der Waals surface area (Å²) in [5.41, 5.74) is 3.20. The highest BCUT2D eigenvalue weighted by Crippen LogP contribution is 2.30. The molecule has 1 fully saturated rings. The number of nitrogens with one attached hydrogen (secondary N) is 4. The van der Waals surface area contributed by atoms with Crippen LogP contribution in [-0.4, -0.2) is 53.3 Å². The lowest BCUT2D eigenvalue weighted by molar-refractivity contribution is 0.0921. The van der Waals surface area contributed by atoms with Crippen molar-refractivity contribution < 1.29 is 9.18 Å². The molecule has 6 rings (SSSR count). The minimum Gasteiger partial charge on any atom is -0.367 e. The molecule has 11 heteroatoms. The number of aromatic amines is 2. The molecule has 4 N–H and O–H groups in total. The molecule has 1 aromatic carbocycles. The maximum absolute atomic E-state index is 14.0. The molecule has 0 bridgehead atoms. The van der Waals surface area contributed by atoms with Crippen molar-refractivity contribution in [1.82, 2.24) is 40.7 Å². The highest BCUT2D eigenvalue weighted by molar-refractivity contribution is 5.92. The van der Waals surface area contributed by atoms with Gasteiger partial charge in [-0.05, 0) is 31.7 Å². The lowest BCUT2D eigenvalue weighted by Crippen LogP contribution is -2.42. The second kappa shape index (κ2) is 9.76. The Morgan fingerprint density at radius 1 is 1.05 bits per heavy atom. The summed E-state index contributed by atoms with van der Waals surface area (Å²) in [6.07, 6.45) is 7.94. The van der Waals surface area contributed by atoms with Crippen LogP contribution in [0.1, 0.15) is 36.2 Å². The number of carbonyl (C=O) groups excluding carboxylic acids is 1. The monoisotopic (exact) mass is 497 g/mol. The van der Waals surface area contributed by atoms with Crippen LogP contribution in [0.5, 0.6) is 0 Å². The zero-order chi connectivity index (χ0) is 25.2. The number of hydrogen-bond donors (Lipinski definition) is 4. The number of H-pyrrole nitrogens is 2. The van der Waals surface area contributed by atoms with E-state index < -0.39 is 5.82 Å². The second-order valence-corrected chi connectivity index (χ2v) is 9.12. The molecule has 0 spiro atoms. The Balaban J connectivity index is 1.29. The van der Waals surface area contributed by atoms with E-state index in [9.17, 15) is 9.18 Å². The Labute approximate surface area is 211 Å². The number of halogens is 1. The van der Waals surface area contributed by atoms with Crippen molar-refractivity contribution in [3.8, 4) is 22.6 Å². The highest BCUT2D eigenvalue weighted by Gasteiger charge is 2.25. The fourth-order valence-corrected chi connectivity index (χ4v) is 4.79. The topological polar surface area (TPSA) is 137 Å². The van der Waals surface area contributed by atoms with Gasteiger partial charge in [-0.15, -0.1) is 5.10 Å². The average Bonchev–Trinajstić information content (AvgIpc) is 3.60. The Bertz CT molecular complexity index is 1530. The summed E-state index contributed by atoms with van der Waals surface area (Å²) in [4.78, 5) is 29.3. The summed E-state index contributed by atoms with van der Waals surface area (Å²) >= 11 is 0. The van der Waals surface area contributed by atoms with E-state index in [0.29, 0.717) is 28.2 Å². The quantitative estimate of drug-likeness (QED) is 0.277. The molecule has 0 saturated heterocycles. The van der Waals surface area contributed by atoms with Gasteiger partial charge in [0.2, 0.25) is 0 Å². The fraction of sp³-hybridized carbons (Fsp3) is 0.231. The molecule has 2 unspecified atom stereocenters. The standard InChI is InChI=1S/C26H24FN9O/c27-16-9-19-20(13-29-24(19)28-12-16)25-33-21(15-5-2-1-3-6-15)11-23(34-25)31-17-7-4-8-18(10-17)32-26(37)22-14-30-36-35-22/h1-3,5-6,9,11-14,17-18H,4,7-8,10H2,(H,28,29)(H,32,37)(H,30,35,36)(H,31,33,34). The van der Waals surface area contributed by atoms with Crippen molar-refractivity contribution in [2.45, 2.75) is 37.8 Å². The Morgan fingerprint density at radius 2 is 1.92 bits per heavy atom. The van der Waals surface area contributed by atoms with Crippen LogP contribution in [0.2, 0.25) is 0 Å². The maximum Gasteiger partial charge on any atom is 0.273 e. The molecule has 1 aliphatic carbocycles. The lowest BCUT2D eigenvalue weighted by Gasteiger charge is -2.30. The second-order valence-electron chi connectivity index (χ2n) is 9.12. The van der Waals surface area contributed by atoms with Gasteiger partial charge >= 0.3 is 0 Å². The SMILES string of the molecule is O=C(NC1CCCC(Nc2cc(-c3ccccc3)nc(-c3c[nH]c4ncc(F)cc34)n2)C1)c1c[nH]nn1. The van der Waals surface area contributed by atoms with E-state index in [-0.39, 0.29) is 23.7 Å². The van der Waals surface area contributed by atoms with Crippen LogP contribution in [-0.2, 0) is 0 Å². The van der Waals surface area contributed by atoms with Crippen LogP contribution in [0.3, 0.4) is 0 Å². The van der Waals surface area contributed by atoms with Crippen molar-refractivity contribution in [2.75, 3.05) is 5.32 Å². The average molecular weight is 498 g/mol. The first-order valence-corrected chi connectivity index (χ1v) is 12.1. The number of fused-ring (bicyclic) bond motifs is 1. The van der Waals surface area contributed by atoms with Gasteiger partial charge in [-0.1, -0.05) is 35.5 Å². The van der Waals surface area contributed by atoms with E-state index in [1.807, 2.05) is 36.4 Å². The van der Waals surface area contributed by atoms with E-state index in [0.717, 1.165) is 36.9 Å². The predicted molar refractivity (Wildman–Crippen MR) is 136 cm³/mol. The summed E-state index contributed by atoms with van der Waals surface area (Å²) in [6, 6.07) is 13.3. The van der Waals surface area contributed by atoms with Crippen LogP contribution in [0.4, 0.5) is 10.2 Å². The number of carbonyl (C=O) groups is 1. The van der Waals surface area contributed by atoms with Crippen molar-refractivity contribution in [1.29, 1.82) is 0 Å². The van der Waals surface area contributed by atoms with Crippen molar-refractivity contribution in [3.05, 3.63) is 72.6 Å². The smallest absolute Gasteiger partial charge is 0.273 e. The molecule has 10 nitrogen and oxygen atoms in total. The molecule has 186 valence electrons. The van der Waals surface area contributed by atoms with Gasteiger partial charge in [-0.3, -0.25) is 9.89 Å². The molecule has 1 amide bonds. The predicted octanol–water partition coefficient (Wildman–Crippen LogP) is 4.10. The highest BCUT2D eigenvalue weighted by atomic mass is 19.1. The number of benzene rings is 1.